The first-order valence-corrected chi connectivity index (χ1v) is 3.20. The summed E-state index contributed by atoms with van der Waals surface area (Å²) in [5.74, 6) is -1.49. The number of allylic oxidation sites excluding steroid dienone is 1. The number of aliphatic imine (C=N–C) groups is 1. The van der Waals surface area contributed by atoms with E-state index in [0.717, 1.165) is 6.08 Å². The number of carboxylic acids is 1. The fraction of sp³-hybridized carbons (Fsp3) is 0.429. The fourth-order valence-electron chi connectivity index (χ4n) is 0.860. The van der Waals surface area contributed by atoms with Gasteiger partial charge in [-0.1, -0.05) is 0 Å². The van der Waals surface area contributed by atoms with Gasteiger partial charge < -0.3 is 5.11 Å². The van der Waals surface area contributed by atoms with Crippen molar-refractivity contribution in [2.24, 2.45) is 4.99 Å². The van der Waals surface area contributed by atoms with Crippen molar-refractivity contribution in [2.45, 2.75) is 18.6 Å². The number of dihydropyridines is 1. The molecule has 0 bridgehead atoms. The number of hydrogen-bond donors (Lipinski definition) is 1. The monoisotopic (exact) mass is 157 g/mol. The van der Waals surface area contributed by atoms with Crippen molar-refractivity contribution in [3.05, 3.63) is 12.2 Å². The standard InChI is InChI=1S/C7H8FNO2/c1-5-7(8,6(10)11)3-2-4-9-5/h2-5H,1H3,(H,10,11). The van der Waals surface area contributed by atoms with Crippen molar-refractivity contribution in [3.63, 3.8) is 0 Å². The fourth-order valence-corrected chi connectivity index (χ4v) is 0.860. The minimum Gasteiger partial charge on any atom is -0.479 e. The van der Waals surface area contributed by atoms with Gasteiger partial charge >= 0.3 is 5.97 Å². The van der Waals surface area contributed by atoms with Crippen molar-refractivity contribution in [1.29, 1.82) is 0 Å². The van der Waals surface area contributed by atoms with E-state index in [9.17, 15) is 9.18 Å². The lowest BCUT2D eigenvalue weighted by Gasteiger charge is -2.22. The second-order valence-corrected chi connectivity index (χ2v) is 2.41. The predicted octanol–water partition coefficient (Wildman–Crippen LogP) is 0.808. The number of carboxylic acid groups (broad SMARTS) is 1. The zero-order valence-electron chi connectivity index (χ0n) is 5.99. The van der Waals surface area contributed by atoms with Crippen molar-refractivity contribution < 1.29 is 14.3 Å². The highest BCUT2D eigenvalue weighted by Crippen LogP contribution is 2.23. The molecule has 1 aliphatic rings. The van der Waals surface area contributed by atoms with E-state index in [1.807, 2.05) is 0 Å². The lowest BCUT2D eigenvalue weighted by molar-refractivity contribution is -0.148. The van der Waals surface area contributed by atoms with E-state index in [1.54, 1.807) is 0 Å². The Labute approximate surface area is 63.3 Å². The summed E-state index contributed by atoms with van der Waals surface area (Å²) in [6, 6.07) is -0.843. The number of alkyl halides is 1. The molecule has 0 amide bonds. The third-order valence-electron chi connectivity index (χ3n) is 1.67. The van der Waals surface area contributed by atoms with Crippen molar-refractivity contribution in [3.8, 4) is 0 Å². The summed E-state index contributed by atoms with van der Waals surface area (Å²) in [5.41, 5.74) is -2.32. The molecule has 0 fully saturated rings. The van der Waals surface area contributed by atoms with Crippen LogP contribution < -0.4 is 0 Å². The molecule has 2 unspecified atom stereocenters. The average Bonchev–Trinajstić information content (AvgIpc) is 1.95. The Morgan fingerprint density at radius 2 is 2.45 bits per heavy atom. The minimum absolute atomic E-state index is 0.843. The van der Waals surface area contributed by atoms with Crippen LogP contribution in [-0.4, -0.2) is 29.0 Å². The molecule has 1 heterocycles. The first-order valence-electron chi connectivity index (χ1n) is 3.20. The summed E-state index contributed by atoms with van der Waals surface area (Å²) in [4.78, 5) is 14.0. The highest BCUT2D eigenvalue weighted by molar-refractivity contribution is 5.85. The van der Waals surface area contributed by atoms with E-state index in [-0.39, 0.29) is 0 Å². The molecular formula is C7H8FNO2. The zero-order chi connectivity index (χ0) is 8.48. The largest absolute Gasteiger partial charge is 0.479 e. The van der Waals surface area contributed by atoms with Gasteiger partial charge in [-0.25, -0.2) is 9.18 Å². The molecule has 0 aliphatic carbocycles. The maximum Gasteiger partial charge on any atom is 0.347 e. The molecule has 1 rings (SSSR count). The number of halogens is 1. The van der Waals surface area contributed by atoms with Gasteiger partial charge in [0.1, 0.15) is 0 Å². The lowest BCUT2D eigenvalue weighted by atomic mass is 9.96. The molecule has 1 aliphatic heterocycles. The summed E-state index contributed by atoms with van der Waals surface area (Å²) in [6.07, 6.45) is 3.70. The molecule has 3 nitrogen and oxygen atoms in total. The second-order valence-electron chi connectivity index (χ2n) is 2.41. The summed E-state index contributed by atoms with van der Waals surface area (Å²) in [7, 11) is 0. The quantitative estimate of drug-likeness (QED) is 0.612. The van der Waals surface area contributed by atoms with Gasteiger partial charge in [-0.2, -0.15) is 0 Å². The van der Waals surface area contributed by atoms with Gasteiger partial charge in [-0.05, 0) is 19.1 Å². The van der Waals surface area contributed by atoms with Crippen LogP contribution in [0.3, 0.4) is 0 Å². The Bertz CT molecular complexity index is 237. The zero-order valence-corrected chi connectivity index (χ0v) is 5.99. The SMILES string of the molecule is CC1N=CC=CC1(F)C(=O)O. The topological polar surface area (TPSA) is 49.7 Å². The first kappa shape index (κ1) is 7.91. The Morgan fingerprint density at radius 3 is 2.82 bits per heavy atom. The van der Waals surface area contributed by atoms with Crippen LogP contribution in [-0.2, 0) is 4.79 Å². The molecule has 60 valence electrons. The highest BCUT2D eigenvalue weighted by atomic mass is 19.1. The third-order valence-corrected chi connectivity index (χ3v) is 1.67. The van der Waals surface area contributed by atoms with Gasteiger partial charge in [-0.3, -0.25) is 4.99 Å². The van der Waals surface area contributed by atoms with Crippen LogP contribution in [0.25, 0.3) is 0 Å². The minimum atomic E-state index is -2.32. The van der Waals surface area contributed by atoms with E-state index in [2.05, 4.69) is 4.99 Å². The maximum atomic E-state index is 13.3. The molecule has 2 atom stereocenters. The number of rotatable bonds is 1. The summed E-state index contributed by atoms with van der Waals surface area (Å²) in [6.45, 7) is 1.42. The molecular weight excluding hydrogens is 149 g/mol. The molecule has 0 saturated carbocycles. The van der Waals surface area contributed by atoms with Crippen LogP contribution in [0.5, 0.6) is 0 Å². The van der Waals surface area contributed by atoms with E-state index in [1.165, 1.54) is 19.2 Å². The van der Waals surface area contributed by atoms with Crippen LogP contribution in [0, 0.1) is 0 Å². The summed E-state index contributed by atoms with van der Waals surface area (Å²) >= 11 is 0. The first-order chi connectivity index (χ1) is 5.07. The van der Waals surface area contributed by atoms with Gasteiger partial charge in [0.15, 0.2) is 0 Å². The highest BCUT2D eigenvalue weighted by Gasteiger charge is 2.42. The lowest BCUT2D eigenvalue weighted by Crippen LogP contribution is -2.42. The van der Waals surface area contributed by atoms with E-state index in [4.69, 9.17) is 5.11 Å². The molecule has 0 saturated heterocycles. The van der Waals surface area contributed by atoms with E-state index < -0.39 is 17.7 Å². The van der Waals surface area contributed by atoms with Gasteiger partial charge in [0.05, 0.1) is 6.04 Å². The molecule has 11 heavy (non-hydrogen) atoms. The molecule has 0 aromatic carbocycles. The van der Waals surface area contributed by atoms with Gasteiger partial charge in [0.2, 0.25) is 5.67 Å². The van der Waals surface area contributed by atoms with Gasteiger partial charge in [0, 0.05) is 6.21 Å². The number of hydrogen-bond acceptors (Lipinski definition) is 2. The number of nitrogens with zero attached hydrogens (tertiary/aromatic N) is 1. The molecule has 0 aromatic rings. The number of aliphatic carboxylic acids is 1. The Kier molecular flexibility index (Phi) is 1.76. The third kappa shape index (κ3) is 1.15. The van der Waals surface area contributed by atoms with Gasteiger partial charge in [0.25, 0.3) is 0 Å². The molecule has 0 aromatic heterocycles. The molecule has 0 spiro atoms. The van der Waals surface area contributed by atoms with E-state index >= 15 is 0 Å². The van der Waals surface area contributed by atoms with Crippen LogP contribution >= 0.6 is 0 Å². The van der Waals surface area contributed by atoms with Crippen molar-refractivity contribution in [1.82, 2.24) is 0 Å². The normalized spacial score (nSPS) is 35.6. The molecule has 0 radical (unpaired) electrons. The van der Waals surface area contributed by atoms with Crippen LogP contribution in [0.15, 0.2) is 17.1 Å². The smallest absolute Gasteiger partial charge is 0.347 e. The second kappa shape index (κ2) is 2.45. The number of carbonyl (C=O) groups is 1. The summed E-state index contributed by atoms with van der Waals surface area (Å²) < 4.78 is 13.3. The van der Waals surface area contributed by atoms with Crippen molar-refractivity contribution >= 4 is 12.2 Å². The Morgan fingerprint density at radius 1 is 1.82 bits per heavy atom. The summed E-state index contributed by atoms with van der Waals surface area (Å²) in [5, 5.41) is 8.47. The Hall–Kier alpha value is -1.19. The Balaban J connectivity index is 2.94. The molecule has 1 N–H and O–H groups in total. The van der Waals surface area contributed by atoms with Crippen LogP contribution in [0.1, 0.15) is 6.92 Å². The van der Waals surface area contributed by atoms with Crippen LogP contribution in [0.4, 0.5) is 4.39 Å². The van der Waals surface area contributed by atoms with Crippen LogP contribution in [0.2, 0.25) is 0 Å². The molecule has 4 heteroatoms. The van der Waals surface area contributed by atoms with Gasteiger partial charge in [-0.15, -0.1) is 0 Å². The van der Waals surface area contributed by atoms with E-state index in [0.29, 0.717) is 0 Å². The predicted molar refractivity (Wildman–Crippen MR) is 38.6 cm³/mol. The van der Waals surface area contributed by atoms with Crippen molar-refractivity contribution in [2.75, 3.05) is 0 Å². The average molecular weight is 157 g/mol. The maximum absolute atomic E-state index is 13.3.